The second-order valence-corrected chi connectivity index (χ2v) is 7.27. The fourth-order valence-corrected chi connectivity index (χ4v) is 4.26. The van der Waals surface area contributed by atoms with Crippen molar-refractivity contribution in [1.82, 2.24) is 10.2 Å². The molecular weight excluding hydrogens is 346 g/mol. The Labute approximate surface area is 156 Å². The van der Waals surface area contributed by atoms with Crippen LogP contribution in [0.1, 0.15) is 17.5 Å². The summed E-state index contributed by atoms with van der Waals surface area (Å²) in [6.07, 6.45) is 2.68. The van der Waals surface area contributed by atoms with Gasteiger partial charge in [-0.15, -0.1) is 10.2 Å². The van der Waals surface area contributed by atoms with E-state index in [1.165, 1.54) is 0 Å². The average molecular weight is 367 g/mol. The molecule has 7 heteroatoms. The van der Waals surface area contributed by atoms with Crippen molar-refractivity contribution in [1.29, 1.82) is 0 Å². The highest BCUT2D eigenvalue weighted by Crippen LogP contribution is 2.40. The zero-order valence-corrected chi connectivity index (χ0v) is 15.1. The lowest BCUT2D eigenvalue weighted by Gasteiger charge is -2.35. The smallest absolute Gasteiger partial charge is 0.154 e. The predicted octanol–water partition coefficient (Wildman–Crippen LogP) is 2.42. The van der Waals surface area contributed by atoms with Crippen LogP contribution in [0.25, 0.3) is 22.2 Å². The summed E-state index contributed by atoms with van der Waals surface area (Å²) >= 11 is 0. The normalized spacial score (nSPS) is 22.4. The number of aliphatic hydroxyl groups is 1. The number of rotatable bonds is 2. The maximum Gasteiger partial charge on any atom is 0.154 e. The molecule has 2 aliphatic rings. The van der Waals surface area contributed by atoms with Gasteiger partial charge in [0.1, 0.15) is 11.3 Å². The molecule has 2 N–H and O–H groups in total. The Morgan fingerprint density at radius 1 is 1.26 bits per heavy atom. The van der Waals surface area contributed by atoms with Gasteiger partial charge in [-0.3, -0.25) is 0 Å². The van der Waals surface area contributed by atoms with Crippen LogP contribution < -0.4 is 4.90 Å². The molecule has 140 valence electrons. The first-order valence-corrected chi connectivity index (χ1v) is 9.22. The topological polar surface area (TPSA) is 91.9 Å². The van der Waals surface area contributed by atoms with Crippen LogP contribution in [0.2, 0.25) is 0 Å². The zero-order chi connectivity index (χ0) is 18.5. The Hall–Kier alpha value is -2.64. The van der Waals surface area contributed by atoms with Crippen molar-refractivity contribution in [2.45, 2.75) is 31.9 Å². The van der Waals surface area contributed by atoms with Crippen molar-refractivity contribution in [3.8, 4) is 17.0 Å². The van der Waals surface area contributed by atoms with Crippen LogP contribution in [-0.2, 0) is 11.2 Å². The molecule has 4 heterocycles. The lowest BCUT2D eigenvalue weighted by molar-refractivity contribution is -0.0200. The van der Waals surface area contributed by atoms with Crippen molar-refractivity contribution in [3.05, 3.63) is 35.6 Å². The molecule has 27 heavy (non-hydrogen) atoms. The molecule has 2 atom stereocenters. The van der Waals surface area contributed by atoms with E-state index in [0.717, 1.165) is 36.3 Å². The van der Waals surface area contributed by atoms with Crippen molar-refractivity contribution in [3.63, 3.8) is 0 Å². The molecule has 0 bridgehead atoms. The van der Waals surface area contributed by atoms with E-state index >= 15 is 0 Å². The molecule has 0 saturated carbocycles. The summed E-state index contributed by atoms with van der Waals surface area (Å²) in [6, 6.07) is 5.67. The van der Waals surface area contributed by atoms with Crippen LogP contribution in [0.5, 0.6) is 5.75 Å². The first kappa shape index (κ1) is 16.5. The number of aromatic nitrogens is 2. The third kappa shape index (κ3) is 2.57. The van der Waals surface area contributed by atoms with Gasteiger partial charge in [0.15, 0.2) is 5.82 Å². The van der Waals surface area contributed by atoms with Gasteiger partial charge in [0.25, 0.3) is 0 Å². The van der Waals surface area contributed by atoms with Gasteiger partial charge >= 0.3 is 0 Å². The summed E-state index contributed by atoms with van der Waals surface area (Å²) < 4.78 is 10.7. The Kier molecular flexibility index (Phi) is 3.80. The standard InChI is InChI=1S/C20H21N3O4/c1-11-8-17-13(3-7-27-17)19(25)18(11)14-9-12-2-5-23(20(12)22-21-14)15-4-6-26-10-16(15)24/h3,7-9,15-16,24-25H,2,4-6,10H2,1H3/t15-,16-/m1/s1. The van der Waals surface area contributed by atoms with E-state index in [0.29, 0.717) is 35.4 Å². The summed E-state index contributed by atoms with van der Waals surface area (Å²) in [4.78, 5) is 2.14. The third-order valence-corrected chi connectivity index (χ3v) is 5.62. The lowest BCUT2D eigenvalue weighted by Crippen LogP contribution is -2.48. The van der Waals surface area contributed by atoms with E-state index in [2.05, 4.69) is 15.1 Å². The average Bonchev–Trinajstić information content (AvgIpc) is 3.29. The van der Waals surface area contributed by atoms with Crippen LogP contribution in [0.15, 0.2) is 28.9 Å². The number of hydrogen-bond acceptors (Lipinski definition) is 7. The molecule has 0 unspecified atom stereocenters. The van der Waals surface area contributed by atoms with Crippen molar-refractivity contribution in [2.75, 3.05) is 24.7 Å². The molecule has 5 rings (SSSR count). The maximum atomic E-state index is 10.7. The molecule has 7 nitrogen and oxygen atoms in total. The molecule has 2 aromatic heterocycles. The van der Waals surface area contributed by atoms with Gasteiger partial charge < -0.3 is 24.3 Å². The number of phenolic OH excluding ortho intramolecular Hbond substituents is 1. The van der Waals surface area contributed by atoms with Gasteiger partial charge in [-0.1, -0.05) is 0 Å². The number of ether oxygens (including phenoxy) is 1. The van der Waals surface area contributed by atoms with Crippen molar-refractivity contribution < 1.29 is 19.4 Å². The second-order valence-electron chi connectivity index (χ2n) is 7.27. The Morgan fingerprint density at radius 3 is 3.00 bits per heavy atom. The third-order valence-electron chi connectivity index (χ3n) is 5.62. The van der Waals surface area contributed by atoms with Crippen molar-refractivity contribution in [2.24, 2.45) is 0 Å². The number of hydrogen-bond donors (Lipinski definition) is 2. The number of fused-ring (bicyclic) bond motifs is 2. The van der Waals surface area contributed by atoms with Crippen LogP contribution in [0, 0.1) is 6.92 Å². The molecule has 0 radical (unpaired) electrons. The first-order chi connectivity index (χ1) is 13.1. The molecule has 1 aromatic carbocycles. The second kappa shape index (κ2) is 6.21. The molecular formula is C20H21N3O4. The summed E-state index contributed by atoms with van der Waals surface area (Å²) in [6.45, 7) is 3.74. The number of anilines is 1. The zero-order valence-electron chi connectivity index (χ0n) is 15.1. The summed E-state index contributed by atoms with van der Waals surface area (Å²) in [5.74, 6) is 0.994. The maximum absolute atomic E-state index is 10.7. The summed E-state index contributed by atoms with van der Waals surface area (Å²) in [7, 11) is 0. The Balaban J connectivity index is 1.54. The van der Waals surface area contributed by atoms with E-state index < -0.39 is 6.10 Å². The molecule has 1 saturated heterocycles. The van der Waals surface area contributed by atoms with Crippen LogP contribution in [-0.4, -0.2) is 52.3 Å². The number of aryl methyl sites for hydroxylation is 1. The fraction of sp³-hybridized carbons (Fsp3) is 0.400. The Bertz CT molecular complexity index is 1020. The molecule has 0 aliphatic carbocycles. The summed E-state index contributed by atoms with van der Waals surface area (Å²) in [5, 5.41) is 30.6. The lowest BCUT2D eigenvalue weighted by atomic mass is 10.0. The Morgan fingerprint density at radius 2 is 2.15 bits per heavy atom. The fourth-order valence-electron chi connectivity index (χ4n) is 4.26. The van der Waals surface area contributed by atoms with E-state index in [4.69, 9.17) is 9.15 Å². The summed E-state index contributed by atoms with van der Waals surface area (Å²) in [5.41, 5.74) is 3.97. The van der Waals surface area contributed by atoms with Gasteiger partial charge in [0.2, 0.25) is 0 Å². The van der Waals surface area contributed by atoms with E-state index in [-0.39, 0.29) is 11.8 Å². The molecule has 3 aromatic rings. The van der Waals surface area contributed by atoms with Crippen LogP contribution in [0.3, 0.4) is 0 Å². The SMILES string of the molecule is Cc1cc2occc2c(O)c1-c1cc2c(nn1)N([C@@H]1CCOC[C@H]1O)CC2. The quantitative estimate of drug-likeness (QED) is 0.719. The minimum atomic E-state index is -0.513. The number of furan rings is 1. The van der Waals surface area contributed by atoms with Gasteiger partial charge in [0.05, 0.1) is 36.1 Å². The number of aliphatic hydroxyl groups excluding tert-OH is 1. The van der Waals surface area contributed by atoms with Gasteiger partial charge in [-0.2, -0.15) is 0 Å². The highest BCUT2D eigenvalue weighted by atomic mass is 16.5. The highest BCUT2D eigenvalue weighted by Gasteiger charge is 2.34. The molecule has 0 amide bonds. The van der Waals surface area contributed by atoms with E-state index in [1.807, 2.05) is 19.1 Å². The number of nitrogens with zero attached hydrogens (tertiary/aromatic N) is 3. The monoisotopic (exact) mass is 367 g/mol. The van der Waals surface area contributed by atoms with Gasteiger partial charge in [-0.25, -0.2) is 0 Å². The van der Waals surface area contributed by atoms with E-state index in [9.17, 15) is 10.2 Å². The van der Waals surface area contributed by atoms with Gasteiger partial charge in [-0.05, 0) is 43.5 Å². The minimum Gasteiger partial charge on any atom is -0.506 e. The number of phenols is 1. The number of benzene rings is 1. The predicted molar refractivity (Wildman–Crippen MR) is 99.9 cm³/mol. The molecule has 1 fully saturated rings. The largest absolute Gasteiger partial charge is 0.506 e. The molecule has 2 aliphatic heterocycles. The first-order valence-electron chi connectivity index (χ1n) is 9.22. The van der Waals surface area contributed by atoms with Gasteiger partial charge in [0, 0.05) is 24.3 Å². The highest BCUT2D eigenvalue weighted by molar-refractivity contribution is 5.93. The van der Waals surface area contributed by atoms with Crippen LogP contribution >= 0.6 is 0 Å². The molecule has 0 spiro atoms. The van der Waals surface area contributed by atoms with Crippen molar-refractivity contribution >= 4 is 16.8 Å². The number of aromatic hydroxyl groups is 1. The minimum absolute atomic E-state index is 0.0116. The van der Waals surface area contributed by atoms with Crippen LogP contribution in [0.4, 0.5) is 5.82 Å². The van der Waals surface area contributed by atoms with E-state index in [1.54, 1.807) is 12.3 Å².